The van der Waals surface area contributed by atoms with Crippen molar-refractivity contribution in [2.24, 2.45) is 5.41 Å². The first-order valence-corrected chi connectivity index (χ1v) is 10.8. The van der Waals surface area contributed by atoms with Crippen molar-refractivity contribution < 1.29 is 14.3 Å². The summed E-state index contributed by atoms with van der Waals surface area (Å²) in [6, 6.07) is 16.0. The number of piperazine rings is 1. The van der Waals surface area contributed by atoms with Crippen molar-refractivity contribution in [2.45, 2.75) is 26.8 Å². The average Bonchev–Trinajstić information content (AvgIpc) is 2.83. The number of nitrogens with one attached hydrogen (secondary N) is 1. The van der Waals surface area contributed by atoms with Crippen LogP contribution in [0.2, 0.25) is 0 Å². The molecule has 0 bridgehead atoms. The largest absolute Gasteiger partial charge is 0.497 e. The molecule has 7 nitrogen and oxygen atoms in total. The summed E-state index contributed by atoms with van der Waals surface area (Å²) in [5.74, 6) is 0.748. The number of benzene rings is 2. The number of ether oxygens (including phenoxy) is 1. The van der Waals surface area contributed by atoms with Gasteiger partial charge in [0.25, 0.3) is 0 Å². The van der Waals surface area contributed by atoms with Crippen LogP contribution in [0.1, 0.15) is 36.7 Å². The highest BCUT2D eigenvalue weighted by Gasteiger charge is 2.36. The van der Waals surface area contributed by atoms with Crippen LogP contribution in [0.3, 0.4) is 0 Å². The van der Waals surface area contributed by atoms with E-state index in [-0.39, 0.29) is 17.9 Å². The van der Waals surface area contributed by atoms with E-state index in [1.807, 2.05) is 45.0 Å². The first-order chi connectivity index (χ1) is 15.3. The number of ketones is 1. The molecule has 0 saturated carbocycles. The Labute approximate surface area is 189 Å². The molecule has 0 spiro atoms. The Kier molecular flexibility index (Phi) is 7.04. The van der Waals surface area contributed by atoms with Gasteiger partial charge >= 0.3 is 6.03 Å². The van der Waals surface area contributed by atoms with E-state index < -0.39 is 5.41 Å². The number of rotatable bonds is 6. The fraction of sp³-hybridized carbons (Fsp3) is 0.400. The molecule has 168 valence electrons. The van der Waals surface area contributed by atoms with Gasteiger partial charge in [0.2, 0.25) is 0 Å². The van der Waals surface area contributed by atoms with Gasteiger partial charge in [0.1, 0.15) is 5.75 Å². The minimum absolute atomic E-state index is 0.0703. The highest BCUT2D eigenvalue weighted by molar-refractivity contribution is 6.00. The predicted octanol–water partition coefficient (Wildman–Crippen LogP) is 3.70. The van der Waals surface area contributed by atoms with Gasteiger partial charge in [-0.3, -0.25) is 4.79 Å². The third-order valence-corrected chi connectivity index (χ3v) is 6.29. The maximum Gasteiger partial charge on any atom is 0.317 e. The van der Waals surface area contributed by atoms with Crippen molar-refractivity contribution in [1.82, 2.24) is 10.2 Å². The smallest absolute Gasteiger partial charge is 0.317 e. The number of amides is 2. The molecule has 0 aromatic heterocycles. The van der Waals surface area contributed by atoms with Gasteiger partial charge in [0.15, 0.2) is 5.78 Å². The lowest BCUT2D eigenvalue weighted by Gasteiger charge is -2.38. The number of carbonyl (C=O) groups excluding carboxylic acids is 2. The minimum Gasteiger partial charge on any atom is -0.497 e. The maximum atomic E-state index is 13.0. The number of nitrogens with zero attached hydrogens (tertiary/aromatic N) is 3. The van der Waals surface area contributed by atoms with Crippen LogP contribution in [-0.4, -0.2) is 56.0 Å². The quantitative estimate of drug-likeness (QED) is 0.701. The predicted molar refractivity (Wildman–Crippen MR) is 124 cm³/mol. The molecule has 1 aliphatic rings. The van der Waals surface area contributed by atoms with Crippen LogP contribution >= 0.6 is 0 Å². The highest BCUT2D eigenvalue weighted by atomic mass is 16.5. The third kappa shape index (κ3) is 5.02. The second-order valence-corrected chi connectivity index (χ2v) is 8.58. The minimum atomic E-state index is -0.797. The number of urea groups is 1. The molecule has 1 unspecified atom stereocenters. The van der Waals surface area contributed by atoms with Gasteiger partial charge in [-0.15, -0.1) is 0 Å². The van der Waals surface area contributed by atoms with Crippen LogP contribution < -0.4 is 15.0 Å². The van der Waals surface area contributed by atoms with Crippen LogP contribution in [0.15, 0.2) is 48.5 Å². The first-order valence-electron chi connectivity index (χ1n) is 10.8. The summed E-state index contributed by atoms with van der Waals surface area (Å²) in [4.78, 5) is 29.9. The summed E-state index contributed by atoms with van der Waals surface area (Å²) >= 11 is 0. The van der Waals surface area contributed by atoms with Crippen LogP contribution in [0.4, 0.5) is 10.5 Å². The zero-order chi connectivity index (χ0) is 23.3. The summed E-state index contributed by atoms with van der Waals surface area (Å²) in [6.07, 6.45) is 0. The Morgan fingerprint density at radius 3 is 2.16 bits per heavy atom. The van der Waals surface area contributed by atoms with Crippen molar-refractivity contribution in [1.29, 1.82) is 5.26 Å². The maximum absolute atomic E-state index is 13.0. The van der Waals surface area contributed by atoms with Gasteiger partial charge in [0, 0.05) is 48.9 Å². The normalized spacial score (nSPS) is 15.0. The van der Waals surface area contributed by atoms with Crippen molar-refractivity contribution in [2.75, 3.05) is 38.2 Å². The van der Waals surface area contributed by atoms with Gasteiger partial charge in [-0.2, -0.15) is 5.26 Å². The molecular weight excluding hydrogens is 404 g/mol. The number of hydrogen-bond donors (Lipinski definition) is 1. The standard InChI is InChI=1S/C25H30N4O3/c1-18(25(2,3)23(30)20-7-5-19(17-26)6-8-20)27-24(31)29-15-13-28(14-16-29)21-9-11-22(32-4)12-10-21/h5-12,18H,13-16H2,1-4H3,(H,27,31). The Bertz CT molecular complexity index is 985. The van der Waals surface area contributed by atoms with Gasteiger partial charge in [-0.05, 0) is 43.3 Å². The van der Waals surface area contributed by atoms with Gasteiger partial charge in [-0.1, -0.05) is 26.0 Å². The Morgan fingerprint density at radius 1 is 1.03 bits per heavy atom. The Balaban J connectivity index is 1.56. The lowest BCUT2D eigenvalue weighted by atomic mass is 9.78. The molecule has 1 saturated heterocycles. The Hall–Kier alpha value is -3.53. The average molecular weight is 435 g/mol. The summed E-state index contributed by atoms with van der Waals surface area (Å²) in [7, 11) is 1.65. The van der Waals surface area contributed by atoms with E-state index in [1.54, 1.807) is 36.3 Å². The lowest BCUT2D eigenvalue weighted by molar-refractivity contribution is 0.0790. The van der Waals surface area contributed by atoms with Gasteiger partial charge in [-0.25, -0.2) is 4.79 Å². The van der Waals surface area contributed by atoms with Crippen molar-refractivity contribution in [3.8, 4) is 11.8 Å². The molecule has 1 N–H and O–H groups in total. The third-order valence-electron chi connectivity index (χ3n) is 6.29. The molecule has 1 fully saturated rings. The van der Waals surface area contributed by atoms with Crippen LogP contribution in [0.5, 0.6) is 5.75 Å². The summed E-state index contributed by atoms with van der Waals surface area (Å²) in [5.41, 5.74) is 1.35. The van der Waals surface area contributed by atoms with Crippen LogP contribution in [0, 0.1) is 16.7 Å². The number of nitriles is 1. The van der Waals surface area contributed by atoms with Crippen molar-refractivity contribution in [3.63, 3.8) is 0 Å². The van der Waals surface area contributed by atoms with E-state index in [1.165, 1.54) is 0 Å². The Morgan fingerprint density at radius 2 is 1.62 bits per heavy atom. The number of methoxy groups -OCH3 is 1. The molecule has 2 amide bonds. The van der Waals surface area contributed by atoms with Crippen molar-refractivity contribution in [3.05, 3.63) is 59.7 Å². The molecule has 7 heteroatoms. The molecule has 2 aromatic carbocycles. The van der Waals surface area contributed by atoms with Crippen molar-refractivity contribution >= 4 is 17.5 Å². The second kappa shape index (κ2) is 9.73. The SMILES string of the molecule is COc1ccc(N2CCN(C(=O)NC(C)C(C)(C)C(=O)c3ccc(C#N)cc3)CC2)cc1. The van der Waals surface area contributed by atoms with E-state index in [0.717, 1.165) is 24.5 Å². The lowest BCUT2D eigenvalue weighted by Crippen LogP contribution is -2.56. The van der Waals surface area contributed by atoms with Gasteiger partial charge in [0.05, 0.1) is 18.7 Å². The number of Topliss-reactive ketones (excluding diaryl/α,β-unsaturated/α-hetero) is 1. The molecule has 0 radical (unpaired) electrons. The fourth-order valence-corrected chi connectivity index (χ4v) is 3.68. The monoisotopic (exact) mass is 434 g/mol. The van der Waals surface area contributed by atoms with E-state index in [4.69, 9.17) is 10.00 Å². The number of carbonyl (C=O) groups is 2. The van der Waals surface area contributed by atoms with E-state index in [0.29, 0.717) is 24.2 Å². The number of hydrogen-bond acceptors (Lipinski definition) is 5. The molecular formula is C25H30N4O3. The fourth-order valence-electron chi connectivity index (χ4n) is 3.68. The molecule has 3 rings (SSSR count). The molecule has 2 aromatic rings. The van der Waals surface area contributed by atoms with E-state index in [9.17, 15) is 9.59 Å². The topological polar surface area (TPSA) is 85.7 Å². The molecule has 1 atom stereocenters. The highest BCUT2D eigenvalue weighted by Crippen LogP contribution is 2.27. The number of anilines is 1. The zero-order valence-corrected chi connectivity index (χ0v) is 19.1. The summed E-state index contributed by atoms with van der Waals surface area (Å²) < 4.78 is 5.21. The van der Waals surface area contributed by atoms with Crippen LogP contribution in [0.25, 0.3) is 0 Å². The first kappa shape index (κ1) is 23.1. The molecule has 1 heterocycles. The van der Waals surface area contributed by atoms with Gasteiger partial charge < -0.3 is 19.9 Å². The van der Waals surface area contributed by atoms with Crippen LogP contribution in [-0.2, 0) is 0 Å². The summed E-state index contributed by atoms with van der Waals surface area (Å²) in [6.45, 7) is 8.21. The summed E-state index contributed by atoms with van der Waals surface area (Å²) in [5, 5.41) is 12.0. The molecule has 1 aliphatic heterocycles. The van der Waals surface area contributed by atoms with E-state index in [2.05, 4.69) is 16.3 Å². The zero-order valence-electron chi connectivity index (χ0n) is 19.1. The van der Waals surface area contributed by atoms with E-state index >= 15 is 0 Å². The molecule has 0 aliphatic carbocycles. The molecule has 32 heavy (non-hydrogen) atoms. The second-order valence-electron chi connectivity index (χ2n) is 8.58.